The van der Waals surface area contributed by atoms with Crippen molar-refractivity contribution in [1.29, 1.82) is 0 Å². The van der Waals surface area contributed by atoms with E-state index in [0.717, 1.165) is 13.2 Å². The van der Waals surface area contributed by atoms with E-state index in [2.05, 4.69) is 52.0 Å². The van der Waals surface area contributed by atoms with Crippen molar-refractivity contribution >= 4 is 14.3 Å². The van der Waals surface area contributed by atoms with Crippen molar-refractivity contribution in [2.75, 3.05) is 20.3 Å². The Balaban J connectivity index is 2.65. The van der Waals surface area contributed by atoms with Gasteiger partial charge in [0.1, 0.15) is 0 Å². The second-order valence-corrected chi connectivity index (χ2v) is 13.3. The lowest BCUT2D eigenvalue weighted by Crippen LogP contribution is -2.42. The quantitative estimate of drug-likeness (QED) is 0.563. The molecule has 0 unspecified atom stereocenters. The van der Waals surface area contributed by atoms with E-state index in [9.17, 15) is 0 Å². The van der Waals surface area contributed by atoms with Crippen LogP contribution in [0.1, 0.15) is 40.5 Å². The van der Waals surface area contributed by atoms with Gasteiger partial charge in [-0.1, -0.05) is 40.8 Å². The molecule has 4 heteroatoms. The molecular weight excluding hydrogens is 252 g/mol. The molecule has 0 aromatic carbocycles. The SMILES string of the molecule is COC[C@@H]1CCCN1N=C[C@H](C)[Si](C)(C)C(C)(C)C. The van der Waals surface area contributed by atoms with Crippen LogP contribution in [0.15, 0.2) is 5.10 Å². The van der Waals surface area contributed by atoms with Gasteiger partial charge < -0.3 is 4.74 Å². The Morgan fingerprint density at radius 1 is 1.42 bits per heavy atom. The van der Waals surface area contributed by atoms with E-state index < -0.39 is 8.07 Å². The van der Waals surface area contributed by atoms with E-state index in [4.69, 9.17) is 9.84 Å². The van der Waals surface area contributed by atoms with Gasteiger partial charge in [-0.05, 0) is 23.4 Å². The average molecular weight is 285 g/mol. The fraction of sp³-hybridized carbons (Fsp3) is 0.933. The van der Waals surface area contributed by atoms with E-state index in [1.165, 1.54) is 12.8 Å². The van der Waals surface area contributed by atoms with Crippen molar-refractivity contribution in [1.82, 2.24) is 5.01 Å². The molecule has 0 amide bonds. The second kappa shape index (κ2) is 6.40. The summed E-state index contributed by atoms with van der Waals surface area (Å²) >= 11 is 0. The number of methoxy groups -OCH3 is 1. The number of ether oxygens (including phenoxy) is 1. The smallest absolute Gasteiger partial charge is 0.0704 e. The predicted octanol–water partition coefficient (Wildman–Crippen LogP) is 3.98. The van der Waals surface area contributed by atoms with E-state index in [1.807, 2.05) is 0 Å². The van der Waals surface area contributed by atoms with Crippen LogP contribution in [0.25, 0.3) is 0 Å². The molecule has 1 aliphatic heterocycles. The fourth-order valence-corrected chi connectivity index (χ4v) is 4.19. The van der Waals surface area contributed by atoms with Gasteiger partial charge >= 0.3 is 0 Å². The Labute approximate surface area is 120 Å². The van der Waals surface area contributed by atoms with Crippen LogP contribution in [0, 0.1) is 0 Å². The maximum absolute atomic E-state index is 5.28. The van der Waals surface area contributed by atoms with Crippen molar-refractivity contribution in [3.8, 4) is 0 Å². The van der Waals surface area contributed by atoms with Crippen molar-refractivity contribution in [2.45, 2.75) is 70.3 Å². The third-order valence-electron chi connectivity index (χ3n) is 5.22. The van der Waals surface area contributed by atoms with E-state index in [-0.39, 0.29) is 0 Å². The van der Waals surface area contributed by atoms with Crippen LogP contribution in [-0.2, 0) is 4.74 Å². The van der Waals surface area contributed by atoms with E-state index in [1.54, 1.807) is 7.11 Å². The molecular formula is C15H32N2OSi. The molecule has 0 aromatic heterocycles. The minimum absolute atomic E-state index is 0.412. The molecule has 0 saturated carbocycles. The van der Waals surface area contributed by atoms with Crippen molar-refractivity contribution < 1.29 is 4.74 Å². The maximum atomic E-state index is 5.28. The molecule has 19 heavy (non-hydrogen) atoms. The average Bonchev–Trinajstić information content (AvgIpc) is 2.72. The molecule has 1 rings (SSSR count). The molecule has 1 fully saturated rings. The summed E-state index contributed by atoms with van der Waals surface area (Å²) in [5.41, 5.74) is 0.594. The van der Waals surface area contributed by atoms with Crippen LogP contribution < -0.4 is 0 Å². The molecule has 0 N–H and O–H groups in total. The summed E-state index contributed by atoms with van der Waals surface area (Å²) in [7, 11) is 0.448. The van der Waals surface area contributed by atoms with Crippen LogP contribution in [0.4, 0.5) is 0 Å². The highest BCUT2D eigenvalue weighted by atomic mass is 28.3. The number of hydrogen-bond donors (Lipinski definition) is 0. The Morgan fingerprint density at radius 3 is 2.58 bits per heavy atom. The molecule has 2 atom stereocenters. The highest BCUT2D eigenvalue weighted by Gasteiger charge is 2.39. The van der Waals surface area contributed by atoms with Gasteiger partial charge in [-0.3, -0.25) is 5.01 Å². The highest BCUT2D eigenvalue weighted by Crippen LogP contribution is 2.42. The molecule has 112 valence electrons. The largest absolute Gasteiger partial charge is 0.382 e. The van der Waals surface area contributed by atoms with Crippen molar-refractivity contribution in [2.24, 2.45) is 5.10 Å². The lowest BCUT2D eigenvalue weighted by atomic mass is 10.2. The Kier molecular flexibility index (Phi) is 5.62. The summed E-state index contributed by atoms with van der Waals surface area (Å²) < 4.78 is 5.28. The minimum Gasteiger partial charge on any atom is -0.382 e. The number of hydrazone groups is 1. The lowest BCUT2D eigenvalue weighted by Gasteiger charge is -2.40. The monoisotopic (exact) mass is 284 g/mol. The topological polar surface area (TPSA) is 24.8 Å². The third-order valence-corrected chi connectivity index (χ3v) is 11.5. The Bertz CT molecular complexity index is 310. The van der Waals surface area contributed by atoms with Crippen LogP contribution in [0.5, 0.6) is 0 Å². The second-order valence-electron chi connectivity index (χ2n) is 7.44. The van der Waals surface area contributed by atoms with Gasteiger partial charge in [0.15, 0.2) is 0 Å². The zero-order chi connectivity index (χ0) is 14.7. The number of hydrogen-bond acceptors (Lipinski definition) is 3. The molecule has 1 saturated heterocycles. The number of rotatable bonds is 5. The predicted molar refractivity (Wildman–Crippen MR) is 86.7 cm³/mol. The maximum Gasteiger partial charge on any atom is 0.0704 e. The van der Waals surface area contributed by atoms with Gasteiger partial charge in [0, 0.05) is 19.9 Å². The van der Waals surface area contributed by atoms with Crippen LogP contribution >= 0.6 is 0 Å². The van der Waals surface area contributed by atoms with Crippen molar-refractivity contribution in [3.63, 3.8) is 0 Å². The summed E-state index contributed by atoms with van der Waals surface area (Å²) in [5, 5.41) is 7.41. The summed E-state index contributed by atoms with van der Waals surface area (Å²) in [6.07, 6.45) is 4.64. The fourth-order valence-electron chi connectivity index (χ4n) is 2.39. The zero-order valence-corrected chi connectivity index (χ0v) is 14.9. The first-order valence-corrected chi connectivity index (χ1v) is 10.6. The van der Waals surface area contributed by atoms with Crippen molar-refractivity contribution in [3.05, 3.63) is 0 Å². The molecule has 1 aliphatic rings. The van der Waals surface area contributed by atoms with E-state index in [0.29, 0.717) is 16.6 Å². The van der Waals surface area contributed by atoms with Crippen LogP contribution in [-0.4, -0.2) is 45.6 Å². The summed E-state index contributed by atoms with van der Waals surface area (Å²) in [4.78, 5) is 0. The molecule has 1 heterocycles. The van der Waals surface area contributed by atoms with Crippen LogP contribution in [0.2, 0.25) is 23.7 Å². The first-order chi connectivity index (χ1) is 8.70. The molecule has 0 spiro atoms. The van der Waals surface area contributed by atoms with Gasteiger partial charge in [0.05, 0.1) is 20.7 Å². The lowest BCUT2D eigenvalue weighted by molar-refractivity contribution is 0.118. The zero-order valence-electron chi connectivity index (χ0n) is 13.9. The molecule has 3 nitrogen and oxygen atoms in total. The minimum atomic E-state index is -1.33. The summed E-state index contributed by atoms with van der Waals surface area (Å²) in [6, 6.07) is 0.480. The van der Waals surface area contributed by atoms with Gasteiger partial charge in [-0.15, -0.1) is 0 Å². The number of nitrogens with zero attached hydrogens (tertiary/aromatic N) is 2. The first kappa shape index (κ1) is 16.7. The highest BCUT2D eigenvalue weighted by molar-refractivity contribution is 6.83. The molecule has 0 aliphatic carbocycles. The van der Waals surface area contributed by atoms with Gasteiger partial charge in [-0.2, -0.15) is 5.10 Å². The molecule has 0 aromatic rings. The standard InChI is InChI=1S/C15H32N2OSi/c1-13(19(6,7)15(2,3)4)11-16-17-10-8-9-14(17)12-18-5/h11,13-14H,8-10,12H2,1-7H3/t13-,14-/m0/s1. The molecule has 0 bridgehead atoms. The van der Waals surface area contributed by atoms with Gasteiger partial charge in [-0.25, -0.2) is 0 Å². The summed E-state index contributed by atoms with van der Waals surface area (Å²) in [5.74, 6) is 0. The van der Waals surface area contributed by atoms with Gasteiger partial charge in [0.2, 0.25) is 0 Å². The summed E-state index contributed by atoms with van der Waals surface area (Å²) in [6.45, 7) is 16.3. The van der Waals surface area contributed by atoms with Crippen LogP contribution in [0.3, 0.4) is 0 Å². The third kappa shape index (κ3) is 4.05. The normalized spacial score (nSPS) is 23.3. The Hall–Kier alpha value is -0.353. The Morgan fingerprint density at radius 2 is 2.05 bits per heavy atom. The van der Waals surface area contributed by atoms with Gasteiger partial charge in [0.25, 0.3) is 0 Å². The first-order valence-electron chi connectivity index (χ1n) is 7.50. The van der Waals surface area contributed by atoms with E-state index >= 15 is 0 Å². The molecule has 0 radical (unpaired) electrons.